The lowest BCUT2D eigenvalue weighted by atomic mass is 9.75. The van der Waals surface area contributed by atoms with Gasteiger partial charge in [-0.25, -0.2) is 23.4 Å². The standard InChI is InChI=1S/C37H40F3N5O3S/c1-21(34(46)47)16-22-8-6-9-23(17-22)37(4)14-7-13-36(2,3)19-49-15-12-25-30-31(42-20-41-30)28(39)29(40)32(25)48-24-10-11-27(38)26(18-24)33-43-35(37)44-45(33)5/h6,8-11,17-18,20-21H,7,12-16,19H2,1-5H3,(H,41,42)(H,46,47)/t21?,37-/m1/s1. The van der Waals surface area contributed by atoms with Crippen molar-refractivity contribution >= 4 is 28.8 Å². The number of carboxylic acids is 1. The number of ether oxygens (including phenoxy) is 1. The van der Waals surface area contributed by atoms with E-state index < -0.39 is 34.8 Å². The first-order valence-corrected chi connectivity index (χ1v) is 17.5. The van der Waals surface area contributed by atoms with Crippen LogP contribution in [-0.4, -0.2) is 47.3 Å². The van der Waals surface area contributed by atoms with Gasteiger partial charge in [-0.3, -0.25) is 4.79 Å². The van der Waals surface area contributed by atoms with Gasteiger partial charge in [0.05, 0.1) is 28.7 Å². The zero-order valence-electron chi connectivity index (χ0n) is 28.2. The number of nitrogens with zero attached hydrogens (tertiary/aromatic N) is 4. The van der Waals surface area contributed by atoms with E-state index in [1.54, 1.807) is 25.7 Å². The van der Waals surface area contributed by atoms with Crippen LogP contribution in [0.5, 0.6) is 11.5 Å². The molecule has 0 amide bonds. The van der Waals surface area contributed by atoms with Gasteiger partial charge in [0.25, 0.3) is 0 Å². The van der Waals surface area contributed by atoms with E-state index in [4.69, 9.17) is 14.8 Å². The lowest BCUT2D eigenvalue weighted by Crippen LogP contribution is -2.27. The predicted octanol–water partition coefficient (Wildman–Crippen LogP) is 8.62. The first-order chi connectivity index (χ1) is 23.3. The number of aliphatic carboxylic acids is 1. The lowest BCUT2D eigenvalue weighted by Gasteiger charge is -2.31. The summed E-state index contributed by atoms with van der Waals surface area (Å²) < 4.78 is 53.9. The minimum atomic E-state index is -1.14. The number of nitrogens with one attached hydrogen (secondary N) is 1. The summed E-state index contributed by atoms with van der Waals surface area (Å²) in [5.41, 5.74) is 1.90. The molecule has 1 aliphatic rings. The van der Waals surface area contributed by atoms with Gasteiger partial charge in [-0.1, -0.05) is 51.5 Å². The molecule has 0 aliphatic carbocycles. The zero-order valence-corrected chi connectivity index (χ0v) is 29.1. The van der Waals surface area contributed by atoms with Crippen LogP contribution < -0.4 is 4.74 Å². The van der Waals surface area contributed by atoms with Crippen molar-refractivity contribution in [1.82, 2.24) is 24.7 Å². The van der Waals surface area contributed by atoms with E-state index in [2.05, 4.69) is 30.7 Å². The number of fused-ring (bicyclic) bond motifs is 8. The van der Waals surface area contributed by atoms with Gasteiger partial charge in [-0.15, -0.1) is 0 Å². The molecule has 3 heterocycles. The van der Waals surface area contributed by atoms with Crippen LogP contribution in [0.1, 0.15) is 69.5 Å². The summed E-state index contributed by atoms with van der Waals surface area (Å²) in [7, 11) is 1.69. The highest BCUT2D eigenvalue weighted by atomic mass is 32.2. The van der Waals surface area contributed by atoms with Crippen molar-refractivity contribution in [3.05, 3.63) is 88.8 Å². The molecule has 0 fully saturated rings. The summed E-state index contributed by atoms with van der Waals surface area (Å²) in [6.07, 6.45) is 4.52. The highest BCUT2D eigenvalue weighted by Gasteiger charge is 2.35. The molecule has 0 saturated heterocycles. The molecule has 49 heavy (non-hydrogen) atoms. The Kier molecular flexibility index (Phi) is 9.54. The van der Waals surface area contributed by atoms with Crippen LogP contribution in [0.15, 0.2) is 48.8 Å². The Morgan fingerprint density at radius 3 is 2.69 bits per heavy atom. The minimum absolute atomic E-state index is 0.0243. The van der Waals surface area contributed by atoms with Crippen molar-refractivity contribution in [1.29, 1.82) is 0 Å². The van der Waals surface area contributed by atoms with Crippen LogP contribution >= 0.6 is 11.8 Å². The van der Waals surface area contributed by atoms with Gasteiger partial charge < -0.3 is 14.8 Å². The Labute approximate surface area is 287 Å². The second-order valence-electron chi connectivity index (χ2n) is 14.0. The smallest absolute Gasteiger partial charge is 0.306 e. The predicted molar refractivity (Wildman–Crippen MR) is 185 cm³/mol. The van der Waals surface area contributed by atoms with E-state index >= 15 is 13.2 Å². The fourth-order valence-electron chi connectivity index (χ4n) is 6.57. The SMILES string of the molecule is CC(Cc1cccc([C@@]2(C)CCCC(C)(C)CSCCc3c(c(F)c(F)c4[nH]cnc34)Oc3ccc(F)c(c3)-c3nc2nn3C)c1)C(=O)O. The van der Waals surface area contributed by atoms with Crippen molar-refractivity contribution in [2.24, 2.45) is 18.4 Å². The molecule has 258 valence electrons. The number of aryl methyl sites for hydroxylation is 2. The number of aromatic amines is 1. The molecule has 1 aliphatic heterocycles. The van der Waals surface area contributed by atoms with Crippen molar-refractivity contribution in [3.8, 4) is 22.9 Å². The van der Waals surface area contributed by atoms with E-state index in [1.807, 2.05) is 24.3 Å². The Morgan fingerprint density at radius 1 is 1.12 bits per heavy atom. The first-order valence-electron chi connectivity index (χ1n) is 16.4. The molecule has 0 radical (unpaired) electrons. The third-order valence-corrected chi connectivity index (χ3v) is 11.0. The van der Waals surface area contributed by atoms with Crippen LogP contribution in [0.25, 0.3) is 22.4 Å². The number of halogens is 3. The summed E-state index contributed by atoms with van der Waals surface area (Å²) in [6, 6.07) is 11.9. The molecule has 2 aromatic heterocycles. The molecule has 0 spiro atoms. The fourth-order valence-corrected chi connectivity index (χ4v) is 7.76. The number of rotatable bonds is 4. The number of H-pyrrole nitrogens is 1. The van der Waals surface area contributed by atoms with E-state index in [-0.39, 0.29) is 33.8 Å². The van der Waals surface area contributed by atoms with Gasteiger partial charge >= 0.3 is 5.97 Å². The number of hydrogen-bond acceptors (Lipinski definition) is 6. The third kappa shape index (κ3) is 6.92. The van der Waals surface area contributed by atoms with E-state index in [1.165, 1.54) is 29.2 Å². The Morgan fingerprint density at radius 2 is 1.92 bits per heavy atom. The van der Waals surface area contributed by atoms with Gasteiger partial charge in [0.2, 0.25) is 5.82 Å². The first kappa shape index (κ1) is 34.5. The number of carbonyl (C=O) groups is 1. The number of imidazole rings is 1. The van der Waals surface area contributed by atoms with Crippen LogP contribution in [-0.2, 0) is 30.1 Å². The molecule has 4 bridgehead atoms. The van der Waals surface area contributed by atoms with Gasteiger partial charge in [0.1, 0.15) is 17.1 Å². The molecule has 1 unspecified atom stereocenters. The zero-order chi connectivity index (χ0) is 35.1. The van der Waals surface area contributed by atoms with Crippen molar-refractivity contribution in [3.63, 3.8) is 0 Å². The Bertz CT molecular complexity index is 2030. The second kappa shape index (κ2) is 13.5. The van der Waals surface area contributed by atoms with Gasteiger partial charge in [0.15, 0.2) is 23.2 Å². The quantitative estimate of drug-likeness (QED) is 0.194. The molecule has 12 heteroatoms. The largest absolute Gasteiger partial charge is 0.481 e. The summed E-state index contributed by atoms with van der Waals surface area (Å²) in [5.74, 6) is -2.21. The minimum Gasteiger partial charge on any atom is -0.481 e. The fraction of sp³-hybridized carbons (Fsp3) is 0.405. The van der Waals surface area contributed by atoms with Crippen LogP contribution in [0.2, 0.25) is 0 Å². The highest BCUT2D eigenvalue weighted by molar-refractivity contribution is 7.99. The third-order valence-electron chi connectivity index (χ3n) is 9.51. The van der Waals surface area contributed by atoms with Crippen LogP contribution in [0.4, 0.5) is 13.2 Å². The van der Waals surface area contributed by atoms with Gasteiger partial charge in [-0.05, 0) is 78.9 Å². The van der Waals surface area contributed by atoms with Gasteiger partial charge in [-0.2, -0.15) is 21.3 Å². The van der Waals surface area contributed by atoms with Gasteiger partial charge in [0, 0.05) is 12.6 Å². The Hall–Kier alpha value is -4.32. The summed E-state index contributed by atoms with van der Waals surface area (Å²) in [4.78, 5) is 23.5. The molecule has 2 atom stereocenters. The molecule has 2 N–H and O–H groups in total. The average molecular weight is 692 g/mol. The maximum atomic E-state index is 15.6. The van der Waals surface area contributed by atoms with Crippen molar-refractivity contribution in [2.75, 3.05) is 11.5 Å². The second-order valence-corrected chi connectivity index (χ2v) is 15.1. The summed E-state index contributed by atoms with van der Waals surface area (Å²) in [5, 5.41) is 14.3. The summed E-state index contributed by atoms with van der Waals surface area (Å²) in [6.45, 7) is 8.20. The van der Waals surface area contributed by atoms with E-state index in [0.717, 1.165) is 29.7 Å². The van der Waals surface area contributed by atoms with E-state index in [0.29, 0.717) is 41.9 Å². The molecule has 0 saturated carbocycles. The number of benzene rings is 3. The number of carboxylic acid groups (broad SMARTS) is 1. The Balaban J connectivity index is 1.47. The number of aromatic nitrogens is 5. The molecule has 6 rings (SSSR count). The summed E-state index contributed by atoms with van der Waals surface area (Å²) >= 11 is 1.73. The van der Waals surface area contributed by atoms with Crippen molar-refractivity contribution in [2.45, 2.75) is 65.2 Å². The topological polar surface area (TPSA) is 106 Å². The molecule has 3 aromatic carbocycles. The molecule has 8 nitrogen and oxygen atoms in total. The number of hydrogen-bond donors (Lipinski definition) is 2. The normalized spacial score (nSPS) is 19.0. The maximum Gasteiger partial charge on any atom is 0.306 e. The van der Waals surface area contributed by atoms with Crippen LogP contribution in [0.3, 0.4) is 0 Å². The monoisotopic (exact) mass is 691 g/mol. The number of thioether (sulfide) groups is 1. The molecule has 5 aromatic rings. The lowest BCUT2D eigenvalue weighted by molar-refractivity contribution is -0.141. The molecular formula is C37H40F3N5O3S. The highest BCUT2D eigenvalue weighted by Crippen LogP contribution is 2.41. The van der Waals surface area contributed by atoms with Crippen LogP contribution in [0, 0.1) is 28.8 Å². The average Bonchev–Trinajstić information content (AvgIpc) is 3.71. The van der Waals surface area contributed by atoms with Crippen molar-refractivity contribution < 1.29 is 27.8 Å². The maximum absolute atomic E-state index is 15.6. The van der Waals surface area contributed by atoms with E-state index in [9.17, 15) is 9.90 Å². The molecular weight excluding hydrogens is 652 g/mol.